The summed E-state index contributed by atoms with van der Waals surface area (Å²) in [6, 6.07) is 2.52. The largest absolute Gasteiger partial charge is 0.352 e. The summed E-state index contributed by atoms with van der Waals surface area (Å²) in [6.45, 7) is 3.81. The van der Waals surface area contributed by atoms with E-state index in [1.807, 2.05) is 11.8 Å². The van der Waals surface area contributed by atoms with Crippen LogP contribution in [0.15, 0.2) is 0 Å². The number of nitrogens with one attached hydrogen (secondary N) is 1. The number of nitrogens with zero attached hydrogens (tertiary/aromatic N) is 1. The molecule has 0 spiro atoms. The Morgan fingerprint density at radius 3 is 2.88 bits per heavy atom. The number of carbonyl (C=O) groups excluding carboxylic acids is 1. The third kappa shape index (κ3) is 4.99. The summed E-state index contributed by atoms with van der Waals surface area (Å²) in [4.78, 5) is 11.1. The first-order valence-electron chi connectivity index (χ1n) is 6.40. The van der Waals surface area contributed by atoms with Gasteiger partial charge in [0.2, 0.25) is 5.91 Å². The van der Waals surface area contributed by atoms with Crippen molar-refractivity contribution in [2.75, 3.05) is 5.75 Å². The zero-order valence-corrected chi connectivity index (χ0v) is 11.6. The van der Waals surface area contributed by atoms with Crippen LogP contribution in [0.4, 0.5) is 0 Å². The maximum atomic E-state index is 11.1. The second-order valence-electron chi connectivity index (χ2n) is 4.83. The lowest BCUT2D eigenvalue weighted by Crippen LogP contribution is -2.41. The first kappa shape index (κ1) is 14.4. The van der Waals surface area contributed by atoms with Crippen molar-refractivity contribution in [2.24, 2.45) is 5.92 Å². The highest BCUT2D eigenvalue weighted by Gasteiger charge is 2.33. The van der Waals surface area contributed by atoms with Crippen molar-refractivity contribution in [2.45, 2.75) is 57.2 Å². The van der Waals surface area contributed by atoms with Crippen molar-refractivity contribution >= 4 is 17.7 Å². The Morgan fingerprint density at radius 1 is 1.47 bits per heavy atom. The molecule has 0 bridgehead atoms. The fourth-order valence-corrected chi connectivity index (χ4v) is 3.94. The van der Waals surface area contributed by atoms with Crippen LogP contribution in [-0.4, -0.2) is 23.0 Å². The fourth-order valence-electron chi connectivity index (χ4n) is 2.31. The molecule has 0 radical (unpaired) electrons. The van der Waals surface area contributed by atoms with E-state index in [4.69, 9.17) is 5.26 Å². The minimum Gasteiger partial charge on any atom is -0.352 e. The molecular formula is C13H22N2OS. The Morgan fingerprint density at radius 2 is 2.24 bits per heavy atom. The number of hydrogen-bond acceptors (Lipinski definition) is 3. The molecule has 1 N–H and O–H groups in total. The predicted octanol–water partition coefficient (Wildman–Crippen LogP) is 2.72. The van der Waals surface area contributed by atoms with Gasteiger partial charge < -0.3 is 5.32 Å². The van der Waals surface area contributed by atoms with Gasteiger partial charge in [-0.2, -0.15) is 17.0 Å². The van der Waals surface area contributed by atoms with Crippen LogP contribution in [0.25, 0.3) is 0 Å². The maximum Gasteiger partial charge on any atom is 0.217 e. The Hall–Kier alpha value is -0.690. The Bertz CT molecular complexity index is 288. The molecule has 1 amide bonds. The van der Waals surface area contributed by atoms with Crippen LogP contribution in [0.3, 0.4) is 0 Å². The lowest BCUT2D eigenvalue weighted by Gasteiger charge is -2.22. The van der Waals surface area contributed by atoms with Gasteiger partial charge in [0, 0.05) is 24.6 Å². The summed E-state index contributed by atoms with van der Waals surface area (Å²) in [5, 5.41) is 12.1. The molecule has 1 saturated heterocycles. The standard InChI is InChI=1S/C13H22N2OS/c1-10-9-17-12(13(10)15-11(2)16)7-5-3-4-6-8-14/h10,12-13H,3-7,9H2,1-2H3,(H,15,16)/t10-,12-,13-/m0/s1. The second kappa shape index (κ2) is 7.60. The molecule has 0 unspecified atom stereocenters. The lowest BCUT2D eigenvalue weighted by atomic mass is 9.97. The predicted molar refractivity (Wildman–Crippen MR) is 71.7 cm³/mol. The fraction of sp³-hybridized carbons (Fsp3) is 0.846. The second-order valence-corrected chi connectivity index (χ2v) is 6.10. The number of unbranched alkanes of at least 4 members (excludes halogenated alkanes) is 3. The molecule has 1 aliphatic heterocycles. The van der Waals surface area contributed by atoms with Gasteiger partial charge >= 0.3 is 0 Å². The van der Waals surface area contributed by atoms with E-state index in [-0.39, 0.29) is 5.91 Å². The van der Waals surface area contributed by atoms with Crippen LogP contribution in [0.2, 0.25) is 0 Å². The van der Waals surface area contributed by atoms with Crippen LogP contribution in [0.5, 0.6) is 0 Å². The van der Waals surface area contributed by atoms with E-state index in [2.05, 4.69) is 18.3 Å². The van der Waals surface area contributed by atoms with Crippen molar-refractivity contribution in [3.63, 3.8) is 0 Å². The van der Waals surface area contributed by atoms with Gasteiger partial charge in [0.1, 0.15) is 0 Å². The molecule has 0 aromatic rings. The third-order valence-corrected chi connectivity index (χ3v) is 4.91. The van der Waals surface area contributed by atoms with Gasteiger partial charge in [-0.05, 0) is 24.5 Å². The summed E-state index contributed by atoms with van der Waals surface area (Å²) in [5.41, 5.74) is 0. The van der Waals surface area contributed by atoms with Gasteiger partial charge in [0.15, 0.2) is 0 Å². The average molecular weight is 254 g/mol. The summed E-state index contributed by atoms with van der Waals surface area (Å²) in [7, 11) is 0. The number of hydrogen-bond donors (Lipinski definition) is 1. The minimum absolute atomic E-state index is 0.0823. The molecule has 1 fully saturated rings. The quantitative estimate of drug-likeness (QED) is 0.741. The lowest BCUT2D eigenvalue weighted by molar-refractivity contribution is -0.119. The molecule has 0 aromatic carbocycles. The number of thioether (sulfide) groups is 1. The van der Waals surface area contributed by atoms with Crippen LogP contribution in [0, 0.1) is 17.2 Å². The molecule has 0 aromatic heterocycles. The van der Waals surface area contributed by atoms with Gasteiger partial charge in [0.25, 0.3) is 0 Å². The molecule has 17 heavy (non-hydrogen) atoms. The van der Waals surface area contributed by atoms with Gasteiger partial charge in [0.05, 0.1) is 6.07 Å². The van der Waals surface area contributed by atoms with Crippen molar-refractivity contribution in [3.05, 3.63) is 0 Å². The van der Waals surface area contributed by atoms with Gasteiger partial charge in [-0.15, -0.1) is 0 Å². The highest BCUT2D eigenvalue weighted by atomic mass is 32.2. The molecule has 0 aliphatic carbocycles. The van der Waals surface area contributed by atoms with Crippen LogP contribution < -0.4 is 5.32 Å². The van der Waals surface area contributed by atoms with Gasteiger partial charge in [-0.3, -0.25) is 4.79 Å². The molecule has 1 rings (SSSR count). The van der Waals surface area contributed by atoms with Crippen molar-refractivity contribution in [1.29, 1.82) is 5.26 Å². The normalized spacial score (nSPS) is 27.7. The highest BCUT2D eigenvalue weighted by molar-refractivity contribution is 8.00. The summed E-state index contributed by atoms with van der Waals surface area (Å²) in [6.07, 6.45) is 5.14. The zero-order valence-electron chi connectivity index (χ0n) is 10.7. The molecular weight excluding hydrogens is 232 g/mol. The van der Waals surface area contributed by atoms with Gasteiger partial charge in [-0.1, -0.05) is 19.8 Å². The number of nitriles is 1. The number of carbonyl (C=O) groups is 1. The monoisotopic (exact) mass is 254 g/mol. The Labute approximate surface area is 108 Å². The van der Waals surface area contributed by atoms with E-state index in [1.165, 1.54) is 6.42 Å². The SMILES string of the molecule is CC(=O)N[C@@H]1[C@H](CCCCCC#N)SC[C@@H]1C. The van der Waals surface area contributed by atoms with E-state index in [0.717, 1.165) is 25.0 Å². The van der Waals surface area contributed by atoms with Crippen molar-refractivity contribution in [3.8, 4) is 6.07 Å². The molecule has 3 atom stereocenters. The van der Waals surface area contributed by atoms with Crippen molar-refractivity contribution in [1.82, 2.24) is 5.32 Å². The van der Waals surface area contributed by atoms with Crippen molar-refractivity contribution < 1.29 is 4.79 Å². The Kier molecular flexibility index (Phi) is 6.43. The summed E-state index contributed by atoms with van der Waals surface area (Å²) < 4.78 is 0. The maximum absolute atomic E-state index is 11.1. The van der Waals surface area contributed by atoms with Crippen LogP contribution in [0.1, 0.15) is 46.0 Å². The third-order valence-electron chi connectivity index (χ3n) is 3.23. The number of amides is 1. The van der Waals surface area contributed by atoms with E-state index in [0.29, 0.717) is 23.6 Å². The van der Waals surface area contributed by atoms with E-state index in [9.17, 15) is 4.79 Å². The average Bonchev–Trinajstić information content (AvgIpc) is 2.60. The summed E-state index contributed by atoms with van der Waals surface area (Å²) in [5.74, 6) is 1.81. The molecule has 0 saturated carbocycles. The zero-order chi connectivity index (χ0) is 12.7. The number of rotatable bonds is 6. The topological polar surface area (TPSA) is 52.9 Å². The first-order valence-corrected chi connectivity index (χ1v) is 7.45. The van der Waals surface area contributed by atoms with Crippen LogP contribution >= 0.6 is 11.8 Å². The molecule has 1 heterocycles. The van der Waals surface area contributed by atoms with E-state index < -0.39 is 0 Å². The smallest absolute Gasteiger partial charge is 0.217 e. The molecule has 3 nitrogen and oxygen atoms in total. The first-order chi connectivity index (χ1) is 8.15. The van der Waals surface area contributed by atoms with E-state index >= 15 is 0 Å². The molecule has 1 aliphatic rings. The van der Waals surface area contributed by atoms with Crippen LogP contribution in [-0.2, 0) is 4.79 Å². The summed E-state index contributed by atoms with van der Waals surface area (Å²) >= 11 is 1.98. The molecule has 96 valence electrons. The Balaban J connectivity index is 2.26. The molecule has 4 heteroatoms. The van der Waals surface area contributed by atoms with Gasteiger partial charge in [-0.25, -0.2) is 0 Å². The minimum atomic E-state index is 0.0823. The highest BCUT2D eigenvalue weighted by Crippen LogP contribution is 2.34. The van der Waals surface area contributed by atoms with E-state index in [1.54, 1.807) is 6.92 Å².